The van der Waals surface area contributed by atoms with Crippen molar-refractivity contribution in [2.45, 2.75) is 19.5 Å². The quantitative estimate of drug-likeness (QED) is 0.549. The van der Waals surface area contributed by atoms with E-state index in [9.17, 15) is 9.59 Å². The molecule has 0 aromatic heterocycles. The molecule has 0 aliphatic rings. The zero-order valence-electron chi connectivity index (χ0n) is 16.4. The lowest BCUT2D eigenvalue weighted by atomic mass is 10.1. The summed E-state index contributed by atoms with van der Waals surface area (Å²) in [4.78, 5) is 24.7. The smallest absolute Gasteiger partial charge is 0.251 e. The van der Waals surface area contributed by atoms with Gasteiger partial charge in [0, 0.05) is 17.8 Å². The summed E-state index contributed by atoms with van der Waals surface area (Å²) in [5.74, 6) is -0.337. The molecule has 5 nitrogen and oxygen atoms in total. The van der Waals surface area contributed by atoms with Gasteiger partial charge in [-0.15, -0.1) is 0 Å². The van der Waals surface area contributed by atoms with Crippen LogP contribution in [0.4, 0.5) is 5.69 Å². The van der Waals surface area contributed by atoms with E-state index in [0.29, 0.717) is 17.8 Å². The Hall–Kier alpha value is -3.44. The van der Waals surface area contributed by atoms with E-state index < -0.39 is 0 Å². The normalized spacial score (nSPS) is 11.5. The molecule has 3 aromatic carbocycles. The van der Waals surface area contributed by atoms with Crippen LogP contribution >= 0.6 is 0 Å². The Kier molecular flexibility index (Phi) is 7.14. The van der Waals surface area contributed by atoms with E-state index in [-0.39, 0.29) is 24.4 Å². The summed E-state index contributed by atoms with van der Waals surface area (Å²) < 4.78 is 0. The van der Waals surface area contributed by atoms with Crippen LogP contribution in [0.15, 0.2) is 84.9 Å². The van der Waals surface area contributed by atoms with Crippen LogP contribution in [-0.2, 0) is 11.3 Å². The third-order valence-electron chi connectivity index (χ3n) is 4.51. The van der Waals surface area contributed by atoms with Crippen molar-refractivity contribution in [3.63, 3.8) is 0 Å². The van der Waals surface area contributed by atoms with Crippen molar-refractivity contribution in [2.75, 3.05) is 11.9 Å². The van der Waals surface area contributed by atoms with E-state index in [4.69, 9.17) is 0 Å². The van der Waals surface area contributed by atoms with Crippen LogP contribution in [0, 0.1) is 0 Å². The van der Waals surface area contributed by atoms with Crippen LogP contribution < -0.4 is 16.0 Å². The summed E-state index contributed by atoms with van der Waals surface area (Å²) in [7, 11) is 0. The number of amides is 2. The molecule has 0 fully saturated rings. The minimum Gasteiger partial charge on any atom is -0.346 e. The number of anilines is 1. The maximum absolute atomic E-state index is 12.6. The highest BCUT2D eigenvalue weighted by Crippen LogP contribution is 2.15. The van der Waals surface area contributed by atoms with Gasteiger partial charge in [-0.3, -0.25) is 9.59 Å². The van der Waals surface area contributed by atoms with Crippen molar-refractivity contribution in [1.82, 2.24) is 10.6 Å². The molecule has 3 N–H and O–H groups in total. The Morgan fingerprint density at radius 1 is 0.862 bits per heavy atom. The number of hydrogen-bond acceptors (Lipinski definition) is 3. The standard InChI is InChI=1S/C24H25N3O2/c1-18(20-11-6-3-7-12-20)26-24(29)21-13-8-14-22(15-21)27-23(28)17-25-16-19-9-4-2-5-10-19/h2-15,18,25H,16-17H2,1H3,(H,26,29)(H,27,28). The number of benzene rings is 3. The largest absolute Gasteiger partial charge is 0.346 e. The average Bonchev–Trinajstić information content (AvgIpc) is 2.75. The van der Waals surface area contributed by atoms with Crippen molar-refractivity contribution in [3.8, 4) is 0 Å². The van der Waals surface area contributed by atoms with E-state index >= 15 is 0 Å². The Morgan fingerprint density at radius 3 is 2.28 bits per heavy atom. The van der Waals surface area contributed by atoms with Crippen LogP contribution in [0.2, 0.25) is 0 Å². The van der Waals surface area contributed by atoms with Crippen molar-refractivity contribution in [2.24, 2.45) is 0 Å². The van der Waals surface area contributed by atoms with Gasteiger partial charge in [-0.25, -0.2) is 0 Å². The van der Waals surface area contributed by atoms with Gasteiger partial charge in [0.2, 0.25) is 5.91 Å². The molecule has 148 valence electrons. The van der Waals surface area contributed by atoms with Crippen LogP contribution in [0.5, 0.6) is 0 Å². The first-order valence-electron chi connectivity index (χ1n) is 9.62. The zero-order valence-corrected chi connectivity index (χ0v) is 16.4. The molecule has 0 saturated carbocycles. The highest BCUT2D eigenvalue weighted by Gasteiger charge is 2.12. The molecule has 1 unspecified atom stereocenters. The van der Waals surface area contributed by atoms with Crippen molar-refractivity contribution < 1.29 is 9.59 Å². The fraction of sp³-hybridized carbons (Fsp3) is 0.167. The van der Waals surface area contributed by atoms with Gasteiger partial charge in [0.1, 0.15) is 0 Å². The van der Waals surface area contributed by atoms with E-state index in [0.717, 1.165) is 11.1 Å². The highest BCUT2D eigenvalue weighted by molar-refractivity contribution is 5.97. The summed E-state index contributed by atoms with van der Waals surface area (Å²) in [5, 5.41) is 8.92. The Bertz CT molecular complexity index is 943. The van der Waals surface area contributed by atoms with E-state index in [1.807, 2.05) is 67.6 Å². The van der Waals surface area contributed by atoms with Gasteiger partial charge in [0.15, 0.2) is 0 Å². The number of rotatable bonds is 8. The lowest BCUT2D eigenvalue weighted by molar-refractivity contribution is -0.115. The first-order chi connectivity index (χ1) is 14.1. The topological polar surface area (TPSA) is 70.2 Å². The molecule has 3 rings (SSSR count). The van der Waals surface area contributed by atoms with Crippen molar-refractivity contribution in [3.05, 3.63) is 102 Å². The van der Waals surface area contributed by atoms with Gasteiger partial charge in [-0.2, -0.15) is 0 Å². The molecule has 0 spiro atoms. The fourth-order valence-electron chi connectivity index (χ4n) is 2.96. The van der Waals surface area contributed by atoms with Gasteiger partial charge in [-0.05, 0) is 36.2 Å². The molecule has 3 aromatic rings. The summed E-state index contributed by atoms with van der Waals surface area (Å²) in [6.45, 7) is 2.75. The Labute approximate surface area is 171 Å². The van der Waals surface area contributed by atoms with Crippen LogP contribution in [0.3, 0.4) is 0 Å². The second-order valence-corrected chi connectivity index (χ2v) is 6.82. The second-order valence-electron chi connectivity index (χ2n) is 6.82. The second kappa shape index (κ2) is 10.2. The first kappa shape index (κ1) is 20.3. The van der Waals surface area contributed by atoms with Gasteiger partial charge in [-0.1, -0.05) is 66.7 Å². The molecule has 0 bridgehead atoms. The lowest BCUT2D eigenvalue weighted by Gasteiger charge is -2.15. The molecular formula is C24H25N3O2. The third kappa shape index (κ3) is 6.30. The summed E-state index contributed by atoms with van der Waals surface area (Å²) >= 11 is 0. The highest BCUT2D eigenvalue weighted by atomic mass is 16.2. The molecule has 2 amide bonds. The first-order valence-corrected chi connectivity index (χ1v) is 9.62. The van der Waals surface area contributed by atoms with Gasteiger partial charge >= 0.3 is 0 Å². The molecular weight excluding hydrogens is 362 g/mol. The summed E-state index contributed by atoms with van der Waals surface area (Å²) in [6.07, 6.45) is 0. The predicted octanol–water partition coefficient (Wildman–Crippen LogP) is 3.91. The Balaban J connectivity index is 1.52. The molecule has 0 heterocycles. The lowest BCUT2D eigenvalue weighted by Crippen LogP contribution is -2.28. The van der Waals surface area contributed by atoms with Crippen molar-refractivity contribution >= 4 is 17.5 Å². The third-order valence-corrected chi connectivity index (χ3v) is 4.51. The van der Waals surface area contributed by atoms with Crippen LogP contribution in [-0.4, -0.2) is 18.4 Å². The van der Waals surface area contributed by atoms with E-state index in [1.54, 1.807) is 24.3 Å². The fourth-order valence-corrected chi connectivity index (χ4v) is 2.96. The zero-order chi connectivity index (χ0) is 20.5. The van der Waals surface area contributed by atoms with Gasteiger partial charge < -0.3 is 16.0 Å². The number of nitrogens with one attached hydrogen (secondary N) is 3. The SMILES string of the molecule is CC(NC(=O)c1cccc(NC(=O)CNCc2ccccc2)c1)c1ccccc1. The molecule has 1 atom stereocenters. The number of carbonyl (C=O) groups excluding carboxylic acids is 2. The van der Waals surface area contributed by atoms with Crippen LogP contribution in [0.1, 0.15) is 34.5 Å². The Morgan fingerprint density at radius 2 is 1.55 bits per heavy atom. The minimum atomic E-state index is -0.181. The molecule has 29 heavy (non-hydrogen) atoms. The van der Waals surface area contributed by atoms with E-state index in [2.05, 4.69) is 16.0 Å². The molecule has 0 aliphatic carbocycles. The molecule has 0 aliphatic heterocycles. The summed E-state index contributed by atoms with van der Waals surface area (Å²) in [5.41, 5.74) is 3.25. The molecule has 5 heteroatoms. The van der Waals surface area contributed by atoms with E-state index in [1.165, 1.54) is 0 Å². The average molecular weight is 387 g/mol. The van der Waals surface area contributed by atoms with Gasteiger partial charge in [0.25, 0.3) is 5.91 Å². The molecule has 0 saturated heterocycles. The maximum Gasteiger partial charge on any atom is 0.251 e. The predicted molar refractivity (Wildman–Crippen MR) is 116 cm³/mol. The maximum atomic E-state index is 12.6. The number of carbonyl (C=O) groups is 2. The molecule has 0 radical (unpaired) electrons. The monoisotopic (exact) mass is 387 g/mol. The van der Waals surface area contributed by atoms with Crippen LogP contribution in [0.25, 0.3) is 0 Å². The van der Waals surface area contributed by atoms with Crippen molar-refractivity contribution in [1.29, 1.82) is 0 Å². The van der Waals surface area contributed by atoms with Gasteiger partial charge in [0.05, 0.1) is 12.6 Å². The number of hydrogen-bond donors (Lipinski definition) is 3. The minimum absolute atomic E-state index is 0.107. The summed E-state index contributed by atoms with van der Waals surface area (Å²) in [6, 6.07) is 26.5.